The Labute approximate surface area is 122 Å². The van der Waals surface area contributed by atoms with Gasteiger partial charge in [0.1, 0.15) is 5.82 Å². The third-order valence-corrected chi connectivity index (χ3v) is 4.46. The smallest absolute Gasteiger partial charge is 0.254 e. The van der Waals surface area contributed by atoms with Crippen molar-refractivity contribution in [1.82, 2.24) is 5.32 Å². The molecule has 1 saturated carbocycles. The maximum atomic E-state index is 14.0. The number of carbonyl (C=O) groups is 1. The average molecular weight is 316 g/mol. The normalized spacial score (nSPS) is 21.7. The molecule has 1 fully saturated rings. The molecule has 0 radical (unpaired) electrons. The van der Waals surface area contributed by atoms with Crippen molar-refractivity contribution in [3.8, 4) is 0 Å². The summed E-state index contributed by atoms with van der Waals surface area (Å²) in [5.41, 5.74) is -0.269. The molecular weight excluding hydrogens is 299 g/mol. The fraction of sp³-hybridized carbons (Fsp3) is 0.462. The number of aryl methyl sites for hydroxylation is 1. The number of hydrogen-bond donors (Lipinski definition) is 2. The van der Waals surface area contributed by atoms with Gasteiger partial charge in [-0.2, -0.15) is 0 Å². The van der Waals surface area contributed by atoms with Crippen LogP contribution in [0.15, 0.2) is 17.0 Å². The van der Waals surface area contributed by atoms with E-state index in [1.165, 1.54) is 6.92 Å². The van der Waals surface area contributed by atoms with Crippen molar-refractivity contribution in [3.63, 3.8) is 0 Å². The number of amides is 1. The van der Waals surface area contributed by atoms with Crippen molar-refractivity contribution in [2.45, 2.75) is 36.8 Å². The van der Waals surface area contributed by atoms with E-state index in [0.717, 1.165) is 12.1 Å². The molecule has 1 aromatic rings. The van der Waals surface area contributed by atoms with E-state index >= 15 is 0 Å². The zero-order valence-electron chi connectivity index (χ0n) is 11.7. The number of methoxy groups -OCH3 is 1. The summed E-state index contributed by atoms with van der Waals surface area (Å²) >= 11 is 0. The summed E-state index contributed by atoms with van der Waals surface area (Å²) in [4.78, 5) is 11.8. The molecule has 2 rings (SSSR count). The van der Waals surface area contributed by atoms with Gasteiger partial charge in [-0.05, 0) is 37.5 Å². The van der Waals surface area contributed by atoms with Gasteiger partial charge in [-0.1, -0.05) is 0 Å². The summed E-state index contributed by atoms with van der Waals surface area (Å²) in [6, 6.07) is 1.96. The molecule has 1 aliphatic carbocycles. The van der Waals surface area contributed by atoms with E-state index in [-0.39, 0.29) is 28.2 Å². The maximum absolute atomic E-state index is 14.0. The summed E-state index contributed by atoms with van der Waals surface area (Å²) in [5, 5.41) is 7.67. The summed E-state index contributed by atoms with van der Waals surface area (Å²) < 4.78 is 41.8. The first-order valence-electron chi connectivity index (χ1n) is 6.39. The molecule has 0 unspecified atom stereocenters. The highest BCUT2D eigenvalue weighted by Gasteiger charge is 2.31. The number of ether oxygens (including phenoxy) is 1. The Kier molecular flexibility index (Phi) is 4.31. The van der Waals surface area contributed by atoms with Gasteiger partial charge < -0.3 is 10.1 Å². The van der Waals surface area contributed by atoms with Gasteiger partial charge in [-0.25, -0.2) is 17.9 Å². The van der Waals surface area contributed by atoms with E-state index in [0.29, 0.717) is 12.8 Å². The standard InChI is InChI=1S/C13H17FN2O4S/c1-7-3-10(21(15,18)19)6-11(12(7)14)13(17)16-8-4-9(5-8)20-2/h3,6,8-9H,4-5H2,1-2H3,(H,16,17)(H2,15,18,19). The number of sulfonamides is 1. The Hall–Kier alpha value is -1.51. The molecule has 0 aliphatic heterocycles. The molecule has 0 spiro atoms. The first kappa shape index (κ1) is 15.9. The number of rotatable bonds is 4. The van der Waals surface area contributed by atoms with Crippen LogP contribution in [0.1, 0.15) is 28.8 Å². The van der Waals surface area contributed by atoms with Crippen LogP contribution in [-0.4, -0.2) is 33.6 Å². The van der Waals surface area contributed by atoms with E-state index in [2.05, 4.69) is 5.32 Å². The predicted octanol–water partition coefficient (Wildman–Crippen LogP) is 0.689. The lowest BCUT2D eigenvalue weighted by Crippen LogP contribution is -2.47. The van der Waals surface area contributed by atoms with Gasteiger partial charge in [0.15, 0.2) is 0 Å². The second-order valence-electron chi connectivity index (χ2n) is 5.15. The zero-order chi connectivity index (χ0) is 15.8. The van der Waals surface area contributed by atoms with Gasteiger partial charge in [-0.15, -0.1) is 0 Å². The highest BCUT2D eigenvalue weighted by molar-refractivity contribution is 7.89. The van der Waals surface area contributed by atoms with Gasteiger partial charge in [-0.3, -0.25) is 4.79 Å². The molecule has 0 saturated heterocycles. The van der Waals surface area contributed by atoms with Crippen molar-refractivity contribution >= 4 is 15.9 Å². The summed E-state index contributed by atoms with van der Waals surface area (Å²) in [7, 11) is -2.41. The van der Waals surface area contributed by atoms with Crippen LogP contribution in [-0.2, 0) is 14.8 Å². The largest absolute Gasteiger partial charge is 0.381 e. The number of nitrogens with one attached hydrogen (secondary N) is 1. The molecular formula is C13H17FN2O4S. The first-order chi connectivity index (χ1) is 9.72. The third-order valence-electron chi connectivity index (χ3n) is 3.56. The van der Waals surface area contributed by atoms with Crippen LogP contribution in [0.2, 0.25) is 0 Å². The van der Waals surface area contributed by atoms with E-state index in [9.17, 15) is 17.6 Å². The number of carbonyl (C=O) groups excluding carboxylic acids is 1. The second kappa shape index (κ2) is 5.70. The van der Waals surface area contributed by atoms with E-state index < -0.39 is 21.7 Å². The number of halogens is 1. The minimum Gasteiger partial charge on any atom is -0.381 e. The van der Waals surface area contributed by atoms with Crippen molar-refractivity contribution in [2.75, 3.05) is 7.11 Å². The van der Waals surface area contributed by atoms with Gasteiger partial charge in [0.25, 0.3) is 5.91 Å². The van der Waals surface area contributed by atoms with E-state index in [1.54, 1.807) is 7.11 Å². The first-order valence-corrected chi connectivity index (χ1v) is 7.93. The van der Waals surface area contributed by atoms with Crippen molar-refractivity contribution < 1.29 is 22.3 Å². The zero-order valence-corrected chi connectivity index (χ0v) is 12.5. The summed E-state index contributed by atoms with van der Waals surface area (Å²) in [6.07, 6.45) is 1.40. The van der Waals surface area contributed by atoms with Gasteiger partial charge >= 0.3 is 0 Å². The third kappa shape index (κ3) is 3.39. The molecule has 0 heterocycles. The SMILES string of the molecule is COC1CC(NC(=O)c2cc(S(N)(=O)=O)cc(C)c2F)C1. The van der Waals surface area contributed by atoms with Crippen molar-refractivity contribution in [2.24, 2.45) is 5.14 Å². The van der Waals surface area contributed by atoms with Gasteiger partial charge in [0.2, 0.25) is 10.0 Å². The second-order valence-corrected chi connectivity index (χ2v) is 6.71. The van der Waals surface area contributed by atoms with Crippen molar-refractivity contribution in [1.29, 1.82) is 0 Å². The molecule has 1 aliphatic rings. The van der Waals surface area contributed by atoms with Crippen LogP contribution in [0.5, 0.6) is 0 Å². The van der Waals surface area contributed by atoms with Crippen LogP contribution in [0.25, 0.3) is 0 Å². The van der Waals surface area contributed by atoms with Crippen LogP contribution >= 0.6 is 0 Å². The predicted molar refractivity (Wildman–Crippen MR) is 73.8 cm³/mol. The van der Waals surface area contributed by atoms with Crippen LogP contribution in [0.3, 0.4) is 0 Å². The monoisotopic (exact) mass is 316 g/mol. The molecule has 116 valence electrons. The van der Waals surface area contributed by atoms with Crippen LogP contribution in [0.4, 0.5) is 4.39 Å². The Bertz CT molecular complexity index is 669. The van der Waals surface area contributed by atoms with E-state index in [1.807, 2.05) is 0 Å². The molecule has 21 heavy (non-hydrogen) atoms. The highest BCUT2D eigenvalue weighted by Crippen LogP contribution is 2.24. The minimum absolute atomic E-state index is 0.0510. The van der Waals surface area contributed by atoms with Crippen molar-refractivity contribution in [3.05, 3.63) is 29.1 Å². The Morgan fingerprint density at radius 3 is 2.57 bits per heavy atom. The number of benzene rings is 1. The Morgan fingerprint density at radius 1 is 1.43 bits per heavy atom. The average Bonchev–Trinajstić information content (AvgIpc) is 2.34. The van der Waals surface area contributed by atoms with Gasteiger partial charge in [0.05, 0.1) is 16.6 Å². The molecule has 1 amide bonds. The molecule has 8 heteroatoms. The maximum Gasteiger partial charge on any atom is 0.254 e. The molecule has 3 N–H and O–H groups in total. The quantitative estimate of drug-likeness (QED) is 0.853. The lowest BCUT2D eigenvalue weighted by atomic mass is 9.89. The molecule has 0 atom stereocenters. The topological polar surface area (TPSA) is 98.5 Å². The number of nitrogens with two attached hydrogens (primary N) is 1. The lowest BCUT2D eigenvalue weighted by Gasteiger charge is -2.34. The fourth-order valence-electron chi connectivity index (χ4n) is 2.21. The van der Waals surface area contributed by atoms with E-state index in [4.69, 9.17) is 9.88 Å². The summed E-state index contributed by atoms with van der Waals surface area (Å²) in [5.74, 6) is -1.40. The summed E-state index contributed by atoms with van der Waals surface area (Å²) in [6.45, 7) is 1.38. The fourth-order valence-corrected chi connectivity index (χ4v) is 2.83. The van der Waals surface area contributed by atoms with Gasteiger partial charge in [0, 0.05) is 13.2 Å². The minimum atomic E-state index is -4.00. The molecule has 6 nitrogen and oxygen atoms in total. The highest BCUT2D eigenvalue weighted by atomic mass is 32.2. The Balaban J connectivity index is 2.22. The molecule has 1 aromatic carbocycles. The number of hydrogen-bond acceptors (Lipinski definition) is 4. The van der Waals surface area contributed by atoms with Crippen LogP contribution < -0.4 is 10.5 Å². The number of primary sulfonamides is 1. The van der Waals surface area contributed by atoms with Crippen LogP contribution in [0, 0.1) is 12.7 Å². The lowest BCUT2D eigenvalue weighted by molar-refractivity contribution is 0.0175. The molecule has 0 aromatic heterocycles. The molecule has 0 bridgehead atoms. The Morgan fingerprint density at radius 2 is 2.05 bits per heavy atom.